The second kappa shape index (κ2) is 8.96. The molecule has 0 atom stereocenters. The molecule has 10 heavy (non-hydrogen) atoms. The third-order valence-corrected chi connectivity index (χ3v) is 2.18. The first-order valence-corrected chi connectivity index (χ1v) is 5.68. The van der Waals surface area contributed by atoms with Gasteiger partial charge >= 0.3 is 0 Å². The Hall–Kier alpha value is -0.0431. The second-order valence-corrected chi connectivity index (χ2v) is 3.44. The molecule has 0 radical (unpaired) electrons. The van der Waals surface area contributed by atoms with Crippen LogP contribution in [0.25, 0.3) is 0 Å². The average Bonchev–Trinajstić information content (AvgIpc) is 1.97. The van der Waals surface area contributed by atoms with Gasteiger partial charge < -0.3 is 0 Å². The lowest BCUT2D eigenvalue weighted by atomic mass is 10.1. The van der Waals surface area contributed by atoms with E-state index in [1.165, 1.54) is 48.8 Å². The maximum Gasteiger partial charge on any atom is 0.0287 e. The van der Waals surface area contributed by atoms with E-state index in [0.29, 0.717) is 0 Å². The molecule has 0 fully saturated rings. The molecule has 0 aromatic carbocycles. The Labute approximate surface area is 68.1 Å². The fourth-order valence-corrected chi connectivity index (χ4v) is 1.37. The monoisotopic (exact) mass is 156 g/mol. The molecule has 0 rings (SSSR count). The zero-order chi connectivity index (χ0) is 7.66. The number of hydrogen-bond acceptors (Lipinski definition) is 0. The van der Waals surface area contributed by atoms with E-state index in [4.69, 9.17) is 0 Å². The molecule has 0 saturated carbocycles. The number of allylic oxidation sites excluding steroid dienone is 1. The van der Waals surface area contributed by atoms with E-state index < -0.39 is 0 Å². The zero-order valence-corrected chi connectivity index (χ0v) is 9.40. The van der Waals surface area contributed by atoms with Gasteiger partial charge in [-0.05, 0) is 12.8 Å². The van der Waals surface area contributed by atoms with Crippen LogP contribution in [-0.2, 0) is 0 Å². The normalized spacial score (nSPS) is 11.3. The van der Waals surface area contributed by atoms with Crippen molar-refractivity contribution in [2.75, 3.05) is 0 Å². The van der Waals surface area contributed by atoms with Gasteiger partial charge in [0.2, 0.25) is 0 Å². The molecular weight excluding hydrogens is 136 g/mol. The fourth-order valence-electron chi connectivity index (χ4n) is 1.03. The molecule has 0 aliphatic carbocycles. The Balaban J connectivity index is 2.77. The molecule has 0 aromatic heterocycles. The predicted molar refractivity (Wildman–Crippen MR) is 52.5 cm³/mol. The summed E-state index contributed by atoms with van der Waals surface area (Å²) in [4.78, 5) is 0. The van der Waals surface area contributed by atoms with Crippen molar-refractivity contribution in [2.45, 2.75) is 45.4 Å². The summed E-state index contributed by atoms with van der Waals surface area (Å²) in [6, 6.07) is 0. The van der Waals surface area contributed by atoms with Crippen molar-refractivity contribution in [1.29, 1.82) is 0 Å². The molecule has 0 unspecified atom stereocenters. The van der Waals surface area contributed by atoms with Gasteiger partial charge in [0.15, 0.2) is 0 Å². The molecule has 1 heteroatoms. The summed E-state index contributed by atoms with van der Waals surface area (Å²) in [6.07, 6.45) is 10.7. The van der Waals surface area contributed by atoms with Gasteiger partial charge in [-0.15, -0.1) is 5.70 Å². The maximum atomic E-state index is 2.32. The van der Waals surface area contributed by atoms with Crippen LogP contribution in [0.5, 0.6) is 0 Å². The van der Waals surface area contributed by atoms with Gasteiger partial charge in [-0.25, -0.2) is 0 Å². The average molecular weight is 156 g/mol. The first-order chi connectivity index (χ1) is 4.91. The first kappa shape index (κ1) is 9.96. The highest BCUT2D eigenvalue weighted by atomic mass is 28.1. The van der Waals surface area contributed by atoms with Gasteiger partial charge in [-0.1, -0.05) is 38.7 Å². The predicted octanol–water partition coefficient (Wildman–Crippen LogP) is 2.23. The summed E-state index contributed by atoms with van der Waals surface area (Å²) in [5.74, 6) is 0. The molecular formula is C9H20Si. The minimum absolute atomic E-state index is 1.23. The van der Waals surface area contributed by atoms with Gasteiger partial charge in [-0.2, -0.15) is 0 Å². The molecule has 0 spiro atoms. The largest absolute Gasteiger partial charge is 0.109 e. The van der Waals surface area contributed by atoms with Crippen molar-refractivity contribution in [3.8, 4) is 0 Å². The van der Waals surface area contributed by atoms with E-state index in [0.717, 1.165) is 0 Å². The molecule has 0 saturated heterocycles. The fraction of sp³-hybridized carbons (Fsp3) is 0.778. The summed E-state index contributed by atoms with van der Waals surface area (Å²) in [7, 11) is 1.23. The minimum Gasteiger partial charge on any atom is -0.109 e. The quantitative estimate of drug-likeness (QED) is 0.409. The van der Waals surface area contributed by atoms with Gasteiger partial charge in [0.05, 0.1) is 0 Å². The third kappa shape index (κ3) is 7.96. The Kier molecular flexibility index (Phi) is 8.92. The van der Waals surface area contributed by atoms with E-state index in [1.807, 2.05) is 0 Å². The Morgan fingerprint density at radius 2 is 1.80 bits per heavy atom. The van der Waals surface area contributed by atoms with Crippen molar-refractivity contribution < 1.29 is 0 Å². The van der Waals surface area contributed by atoms with Crippen molar-refractivity contribution in [2.24, 2.45) is 0 Å². The van der Waals surface area contributed by atoms with E-state index in [9.17, 15) is 0 Å². The van der Waals surface area contributed by atoms with Crippen LogP contribution < -0.4 is 0 Å². The number of unbranched alkanes of at least 4 members (excludes halogenated alkanes) is 5. The highest BCUT2D eigenvalue weighted by Gasteiger charge is 1.84. The summed E-state index contributed by atoms with van der Waals surface area (Å²) in [5.41, 5.74) is 2.28. The van der Waals surface area contributed by atoms with Crippen molar-refractivity contribution >= 4 is 10.2 Å². The third-order valence-electron chi connectivity index (χ3n) is 1.71. The van der Waals surface area contributed by atoms with Gasteiger partial charge in [-0.3, -0.25) is 0 Å². The molecule has 0 aliphatic heterocycles. The Bertz CT molecular complexity index is 76.8. The smallest absolute Gasteiger partial charge is 0.0287 e. The first-order valence-electron chi connectivity index (χ1n) is 4.53. The van der Waals surface area contributed by atoms with Crippen LogP contribution in [0, 0.1) is 0 Å². The summed E-state index contributed by atoms with van der Waals surface area (Å²) >= 11 is 0. The van der Waals surface area contributed by atoms with Crippen LogP contribution in [0.1, 0.15) is 45.4 Å². The second-order valence-electron chi connectivity index (χ2n) is 2.77. The van der Waals surface area contributed by atoms with Crippen LogP contribution >= 0.6 is 0 Å². The van der Waals surface area contributed by atoms with Crippen molar-refractivity contribution in [3.63, 3.8) is 0 Å². The lowest BCUT2D eigenvalue weighted by molar-refractivity contribution is 0.637. The standard InChI is InChI=1S/C9H20Si/c1-2-3-4-5-6-7-8-9-10/h8-9H,2-7H2,1,10H3. The van der Waals surface area contributed by atoms with Crippen LogP contribution in [0.2, 0.25) is 0 Å². The van der Waals surface area contributed by atoms with Crippen LogP contribution in [0.4, 0.5) is 0 Å². The molecule has 0 aliphatic rings. The lowest BCUT2D eigenvalue weighted by Gasteiger charge is -1.95. The molecule has 0 nitrogen and oxygen atoms in total. The number of hydrogen-bond donors (Lipinski definition) is 0. The summed E-state index contributed by atoms with van der Waals surface area (Å²) in [6.45, 7) is 2.26. The van der Waals surface area contributed by atoms with E-state index in [-0.39, 0.29) is 0 Å². The highest BCUT2D eigenvalue weighted by Crippen LogP contribution is 2.04. The maximum absolute atomic E-state index is 2.32. The minimum atomic E-state index is 1.23. The topological polar surface area (TPSA) is 0 Å². The Morgan fingerprint density at radius 3 is 2.40 bits per heavy atom. The van der Waals surface area contributed by atoms with E-state index in [2.05, 4.69) is 18.7 Å². The van der Waals surface area contributed by atoms with Crippen LogP contribution in [0.15, 0.2) is 11.8 Å². The molecule has 0 aromatic rings. The molecule has 0 heterocycles. The summed E-state index contributed by atoms with van der Waals surface area (Å²) in [5, 5.41) is 0. The zero-order valence-electron chi connectivity index (χ0n) is 7.40. The summed E-state index contributed by atoms with van der Waals surface area (Å²) < 4.78 is 0. The van der Waals surface area contributed by atoms with Crippen molar-refractivity contribution in [1.82, 2.24) is 0 Å². The lowest BCUT2D eigenvalue weighted by Crippen LogP contribution is -1.75. The highest BCUT2D eigenvalue weighted by molar-refractivity contribution is 6.16. The van der Waals surface area contributed by atoms with Gasteiger partial charge in [0.25, 0.3) is 0 Å². The molecule has 0 amide bonds. The van der Waals surface area contributed by atoms with Crippen LogP contribution in [0.3, 0.4) is 0 Å². The SMILES string of the molecule is CCCCCCCC=C[SiH3]. The van der Waals surface area contributed by atoms with E-state index in [1.54, 1.807) is 0 Å². The van der Waals surface area contributed by atoms with Crippen LogP contribution in [-0.4, -0.2) is 10.2 Å². The van der Waals surface area contributed by atoms with Crippen molar-refractivity contribution in [3.05, 3.63) is 11.8 Å². The molecule has 60 valence electrons. The molecule has 0 N–H and O–H groups in total. The number of rotatable bonds is 6. The molecule has 0 bridgehead atoms. The van der Waals surface area contributed by atoms with Gasteiger partial charge in [0.1, 0.15) is 0 Å². The van der Waals surface area contributed by atoms with E-state index >= 15 is 0 Å². The Morgan fingerprint density at radius 1 is 1.10 bits per heavy atom. The van der Waals surface area contributed by atoms with Gasteiger partial charge in [0, 0.05) is 10.2 Å².